The third-order valence-electron chi connectivity index (χ3n) is 0. The van der Waals surface area contributed by atoms with E-state index in [0.717, 1.165) is 0 Å². The van der Waals surface area contributed by atoms with Crippen molar-refractivity contribution in [2.24, 2.45) is 0 Å². The molecule has 22 valence electrons. The van der Waals surface area contributed by atoms with Crippen LogP contribution in [0.15, 0.2) is 0 Å². The molecule has 0 bridgehead atoms. The molecule has 0 saturated heterocycles. The molecule has 0 N–H and O–H groups in total. The predicted octanol–water partition coefficient (Wildman–Crippen LogP) is -2.37. The van der Waals surface area contributed by atoms with Crippen LogP contribution in [0.4, 0.5) is 0 Å². The smallest absolute Gasteiger partial charge is 0 e. The summed E-state index contributed by atoms with van der Waals surface area (Å²) in [5.74, 6) is 0. The van der Waals surface area contributed by atoms with E-state index in [1.807, 2.05) is 0 Å². The minimum absolute atomic E-state index is 0. The number of hydrogen-bond donors (Lipinski definition) is 0. The summed E-state index contributed by atoms with van der Waals surface area (Å²) in [6.07, 6.45) is 0. The normalized spacial score (nSPS) is 3.00. The maximum atomic E-state index is 1.44. The summed E-state index contributed by atoms with van der Waals surface area (Å²) in [6.45, 7) is 0. The van der Waals surface area contributed by atoms with Crippen molar-refractivity contribution in [2.75, 3.05) is 0 Å². The molecule has 0 spiro atoms. The summed E-state index contributed by atoms with van der Waals surface area (Å²) in [6, 6.07) is 0. The molecule has 0 saturated carbocycles. The van der Waals surface area contributed by atoms with Crippen LogP contribution < -0.4 is 0 Å². The Morgan fingerprint density at radius 2 is 0.750 bits per heavy atom. The Hall–Kier alpha value is 1.86. The second-order valence-corrected chi connectivity index (χ2v) is 0. The van der Waals surface area contributed by atoms with Gasteiger partial charge < -0.3 is 0 Å². The van der Waals surface area contributed by atoms with Gasteiger partial charge in [0, 0.05) is 43.4 Å². The van der Waals surface area contributed by atoms with Crippen molar-refractivity contribution >= 4 is 19.5 Å². The molecule has 0 fully saturated rings. The van der Waals surface area contributed by atoms with Crippen molar-refractivity contribution in [1.29, 1.82) is 0 Å². The minimum Gasteiger partial charge on any atom is -0.0125 e. The van der Waals surface area contributed by atoms with E-state index < -0.39 is 0 Å². The molecule has 4 heteroatoms. The van der Waals surface area contributed by atoms with Gasteiger partial charge in [0.1, 0.15) is 0 Å². The molecule has 0 aromatic rings. The summed E-state index contributed by atoms with van der Waals surface area (Å²) >= 11 is 0. The van der Waals surface area contributed by atoms with E-state index in [2.05, 4.69) is 0 Å². The molecule has 0 nitrogen and oxygen atoms in total. The molecule has 0 aromatic heterocycles. The van der Waals surface area contributed by atoms with E-state index in [1.165, 1.54) is 19.5 Å². The summed E-state index contributed by atoms with van der Waals surface area (Å²) in [7, 11) is 2.89. The molecule has 4 heavy (non-hydrogen) atoms. The first-order valence-corrected chi connectivity index (χ1v) is 9.00. The zero-order valence-electron chi connectivity index (χ0n) is 3.00. The van der Waals surface area contributed by atoms with Gasteiger partial charge in [0.25, 0.3) is 0 Å². The van der Waals surface area contributed by atoms with Gasteiger partial charge in [-0.05, 0) is 19.5 Å². The Morgan fingerprint density at radius 1 is 0.750 bits per heavy atom. The second kappa shape index (κ2) is 20.9. The zero-order valence-corrected chi connectivity index (χ0v) is 10.1. The fourth-order valence-electron chi connectivity index (χ4n) is 0. The van der Waals surface area contributed by atoms with Crippen molar-refractivity contribution < 1.29 is 43.4 Å². The van der Waals surface area contributed by atoms with E-state index >= 15 is 0 Å². The average Bonchev–Trinajstić information content (AvgIpc) is 1.00. The van der Waals surface area contributed by atoms with Gasteiger partial charge in [0.05, 0.1) is 0 Å². The topological polar surface area (TPSA) is 0 Å². The van der Waals surface area contributed by atoms with Crippen molar-refractivity contribution in [3.05, 3.63) is 0 Å². The van der Waals surface area contributed by atoms with Crippen molar-refractivity contribution in [3.8, 4) is 0 Å². The van der Waals surface area contributed by atoms with Crippen LogP contribution in [0.25, 0.3) is 0 Å². The van der Waals surface area contributed by atoms with Crippen LogP contribution in [0.1, 0.15) is 0 Å². The quantitative estimate of drug-likeness (QED) is 0.345. The summed E-state index contributed by atoms with van der Waals surface area (Å²) < 4.78 is 0. The van der Waals surface area contributed by atoms with Crippen molar-refractivity contribution in [2.45, 2.75) is 0 Å². The summed E-state index contributed by atoms with van der Waals surface area (Å²) in [4.78, 5) is 0. The minimum atomic E-state index is 0. The van der Waals surface area contributed by atoms with Gasteiger partial charge in [-0.3, -0.25) is 0 Å². The third kappa shape index (κ3) is 9.12. The number of hydrogen-bond acceptors (Lipinski definition) is 0. The first-order valence-electron chi connectivity index (χ1n) is 1.00. The summed E-state index contributed by atoms with van der Waals surface area (Å²) in [5.41, 5.74) is 0. The van der Waals surface area contributed by atoms with Gasteiger partial charge in [-0.2, -0.15) is 0 Å². The van der Waals surface area contributed by atoms with Crippen LogP contribution in [0.2, 0.25) is 0 Å². The Bertz CT molecular complexity index is 4.00. The molecule has 0 aromatic carbocycles. The van der Waals surface area contributed by atoms with Crippen LogP contribution in [-0.4, -0.2) is 19.5 Å². The zero-order chi connectivity index (χ0) is 2.00. The summed E-state index contributed by atoms with van der Waals surface area (Å²) in [5, 5.41) is 0. The molecule has 0 amide bonds. The van der Waals surface area contributed by atoms with Gasteiger partial charge in [-0.25, -0.2) is 0 Å². The van der Waals surface area contributed by atoms with Gasteiger partial charge in [-0.15, -0.1) is 0 Å². The molecule has 0 aliphatic heterocycles. The Morgan fingerprint density at radius 3 is 0.750 bits per heavy atom. The molecule has 0 aliphatic rings. The molecule has 0 heterocycles. The van der Waals surface area contributed by atoms with E-state index in [9.17, 15) is 0 Å². The molecule has 0 atom stereocenters. The van der Waals surface area contributed by atoms with Crippen LogP contribution >= 0.6 is 0 Å². The van der Waals surface area contributed by atoms with Crippen LogP contribution in [0.5, 0.6) is 0 Å². The standard InChI is InChI=1S/H6Si2.2Ti/c1-2;;/h1-2H3;;. The maximum absolute atomic E-state index is 1.44. The fourth-order valence-corrected chi connectivity index (χ4v) is 0. The van der Waals surface area contributed by atoms with Crippen LogP contribution in [-0.2, 0) is 43.4 Å². The average molecular weight is 158 g/mol. The first-order chi connectivity index (χ1) is 1.00. The number of rotatable bonds is 0. The van der Waals surface area contributed by atoms with Gasteiger partial charge >= 0.3 is 0 Å². The van der Waals surface area contributed by atoms with Gasteiger partial charge in [-0.1, -0.05) is 0 Å². The van der Waals surface area contributed by atoms with E-state index in [0.29, 0.717) is 0 Å². The van der Waals surface area contributed by atoms with Gasteiger partial charge in [0.15, 0.2) is 0 Å². The largest absolute Gasteiger partial charge is 0.0125 e. The molecule has 0 radical (unpaired) electrons. The Balaban J connectivity index is -0.00000000500. The Labute approximate surface area is 62.5 Å². The SMILES string of the molecule is [SiH3][SiH3].[Ti].[Ti]. The van der Waals surface area contributed by atoms with Crippen molar-refractivity contribution in [3.63, 3.8) is 0 Å². The second-order valence-electron chi connectivity index (χ2n) is 0. The van der Waals surface area contributed by atoms with Crippen LogP contribution in [0.3, 0.4) is 0 Å². The molecular formula is H6Si2Ti2. The molecular weight excluding hydrogens is 152 g/mol. The van der Waals surface area contributed by atoms with E-state index in [-0.39, 0.29) is 43.4 Å². The molecule has 0 unspecified atom stereocenters. The fraction of sp³-hybridized carbons (Fsp3) is 0. The van der Waals surface area contributed by atoms with Crippen molar-refractivity contribution in [1.82, 2.24) is 0 Å². The predicted molar refractivity (Wildman–Crippen MR) is 19.9 cm³/mol. The Kier molecular flexibility index (Phi) is 88.4. The van der Waals surface area contributed by atoms with E-state index in [4.69, 9.17) is 0 Å². The van der Waals surface area contributed by atoms with E-state index in [1.54, 1.807) is 0 Å². The third-order valence-corrected chi connectivity index (χ3v) is 0. The van der Waals surface area contributed by atoms with Gasteiger partial charge in [0.2, 0.25) is 0 Å². The maximum Gasteiger partial charge on any atom is 0 e. The first kappa shape index (κ1) is 16.9. The molecule has 0 rings (SSSR count). The monoisotopic (exact) mass is 158 g/mol. The molecule has 0 aliphatic carbocycles. The van der Waals surface area contributed by atoms with Crippen LogP contribution in [0, 0.1) is 0 Å².